The van der Waals surface area contributed by atoms with Crippen LogP contribution in [0.3, 0.4) is 0 Å². The molecular formula is C13H20F2N4O. The van der Waals surface area contributed by atoms with Crippen molar-refractivity contribution in [2.24, 2.45) is 5.73 Å². The highest BCUT2D eigenvalue weighted by molar-refractivity contribution is 5.86. The zero-order chi connectivity index (χ0) is 14.8. The smallest absolute Gasteiger partial charge is 0.319 e. The summed E-state index contributed by atoms with van der Waals surface area (Å²) in [7, 11) is 1.58. The van der Waals surface area contributed by atoms with Crippen molar-refractivity contribution in [2.75, 3.05) is 7.05 Å². The second kappa shape index (κ2) is 5.87. The average molecular weight is 286 g/mol. The van der Waals surface area contributed by atoms with Gasteiger partial charge in [0.15, 0.2) is 0 Å². The number of carbonyl (C=O) groups excluding carboxylic acids is 1. The van der Waals surface area contributed by atoms with Crippen LogP contribution in [0.25, 0.3) is 0 Å². The SMILES string of the molecule is CN(Cc1nccn1C(F)F)C(=O)C1(N)CCCCC1. The molecule has 112 valence electrons. The lowest BCUT2D eigenvalue weighted by atomic mass is 9.81. The van der Waals surface area contributed by atoms with E-state index < -0.39 is 12.1 Å². The Kier molecular flexibility index (Phi) is 4.37. The molecule has 1 heterocycles. The van der Waals surface area contributed by atoms with Crippen molar-refractivity contribution in [2.45, 2.75) is 50.7 Å². The number of nitrogens with zero attached hydrogens (tertiary/aromatic N) is 3. The quantitative estimate of drug-likeness (QED) is 0.919. The Labute approximate surface area is 116 Å². The van der Waals surface area contributed by atoms with Crippen molar-refractivity contribution in [1.29, 1.82) is 0 Å². The highest BCUT2D eigenvalue weighted by Gasteiger charge is 2.37. The second-order valence-corrected chi connectivity index (χ2v) is 5.41. The molecule has 1 aliphatic rings. The second-order valence-electron chi connectivity index (χ2n) is 5.41. The molecule has 1 fully saturated rings. The van der Waals surface area contributed by atoms with Crippen molar-refractivity contribution in [3.63, 3.8) is 0 Å². The van der Waals surface area contributed by atoms with Gasteiger partial charge in [0, 0.05) is 19.4 Å². The van der Waals surface area contributed by atoms with Gasteiger partial charge in [0.05, 0.1) is 12.1 Å². The number of nitrogens with two attached hydrogens (primary N) is 1. The lowest BCUT2D eigenvalue weighted by Crippen LogP contribution is -2.55. The number of hydrogen-bond acceptors (Lipinski definition) is 3. The summed E-state index contributed by atoms with van der Waals surface area (Å²) in [6.45, 7) is -2.62. The molecule has 20 heavy (non-hydrogen) atoms. The maximum Gasteiger partial charge on any atom is 0.319 e. The van der Waals surface area contributed by atoms with Gasteiger partial charge in [-0.05, 0) is 12.8 Å². The zero-order valence-corrected chi connectivity index (χ0v) is 11.6. The fourth-order valence-electron chi connectivity index (χ4n) is 2.70. The molecule has 2 rings (SSSR count). The lowest BCUT2D eigenvalue weighted by Gasteiger charge is -2.35. The summed E-state index contributed by atoms with van der Waals surface area (Å²) in [6.07, 6.45) is 6.77. The van der Waals surface area contributed by atoms with Gasteiger partial charge in [0.2, 0.25) is 5.91 Å². The summed E-state index contributed by atoms with van der Waals surface area (Å²) < 4.78 is 26.2. The molecule has 1 aromatic rings. The summed E-state index contributed by atoms with van der Waals surface area (Å²) in [5.41, 5.74) is 5.31. The van der Waals surface area contributed by atoms with Gasteiger partial charge in [0.25, 0.3) is 0 Å². The number of likely N-dealkylation sites (N-methyl/N-ethyl adjacent to an activating group) is 1. The summed E-state index contributed by atoms with van der Waals surface area (Å²) in [5, 5.41) is 0. The minimum absolute atomic E-state index is 0.0368. The van der Waals surface area contributed by atoms with E-state index >= 15 is 0 Å². The monoisotopic (exact) mass is 286 g/mol. The van der Waals surface area contributed by atoms with Crippen molar-refractivity contribution >= 4 is 5.91 Å². The van der Waals surface area contributed by atoms with Crippen LogP contribution in [0, 0.1) is 0 Å². The van der Waals surface area contributed by atoms with Crippen molar-refractivity contribution in [3.05, 3.63) is 18.2 Å². The fraction of sp³-hybridized carbons (Fsp3) is 0.692. The van der Waals surface area contributed by atoms with E-state index in [0.29, 0.717) is 12.8 Å². The molecule has 0 aliphatic heterocycles. The van der Waals surface area contributed by atoms with Crippen LogP contribution in [0.4, 0.5) is 8.78 Å². The van der Waals surface area contributed by atoms with Crippen molar-refractivity contribution in [3.8, 4) is 0 Å². The molecule has 2 N–H and O–H groups in total. The molecule has 0 radical (unpaired) electrons. The van der Waals surface area contributed by atoms with E-state index in [1.165, 1.54) is 17.3 Å². The van der Waals surface area contributed by atoms with Crippen molar-refractivity contribution in [1.82, 2.24) is 14.5 Å². The molecule has 0 aromatic carbocycles. The molecule has 0 bridgehead atoms. The minimum Gasteiger partial charge on any atom is -0.337 e. The number of amides is 1. The van der Waals surface area contributed by atoms with Gasteiger partial charge in [-0.25, -0.2) is 4.98 Å². The first-order valence-corrected chi connectivity index (χ1v) is 6.78. The predicted molar refractivity (Wildman–Crippen MR) is 70.0 cm³/mol. The molecular weight excluding hydrogens is 266 g/mol. The maximum absolute atomic E-state index is 12.7. The largest absolute Gasteiger partial charge is 0.337 e. The summed E-state index contributed by atoms with van der Waals surface area (Å²) in [6, 6.07) is 0. The third-order valence-corrected chi connectivity index (χ3v) is 3.86. The number of imidazole rings is 1. The van der Waals surface area contributed by atoms with Crippen LogP contribution in [0.2, 0.25) is 0 Å². The Bertz CT molecular complexity index is 469. The highest BCUT2D eigenvalue weighted by atomic mass is 19.3. The average Bonchev–Trinajstić information content (AvgIpc) is 2.87. The van der Waals surface area contributed by atoms with E-state index in [1.54, 1.807) is 7.05 Å². The normalized spacial score (nSPS) is 18.2. The van der Waals surface area contributed by atoms with Gasteiger partial charge >= 0.3 is 6.55 Å². The third kappa shape index (κ3) is 2.98. The Morgan fingerprint density at radius 1 is 1.50 bits per heavy atom. The van der Waals surface area contributed by atoms with E-state index in [-0.39, 0.29) is 18.3 Å². The fourth-order valence-corrected chi connectivity index (χ4v) is 2.70. The Balaban J connectivity index is 2.05. The number of rotatable bonds is 4. The number of hydrogen-bond donors (Lipinski definition) is 1. The zero-order valence-electron chi connectivity index (χ0n) is 11.6. The first-order chi connectivity index (χ1) is 9.44. The van der Waals surface area contributed by atoms with Gasteiger partial charge in [-0.3, -0.25) is 9.36 Å². The summed E-state index contributed by atoms with van der Waals surface area (Å²) in [5.74, 6) is -0.0312. The number of aromatic nitrogens is 2. The Morgan fingerprint density at radius 2 is 2.15 bits per heavy atom. The maximum atomic E-state index is 12.7. The lowest BCUT2D eigenvalue weighted by molar-refractivity contribution is -0.137. The van der Waals surface area contributed by atoms with Gasteiger partial charge in [0.1, 0.15) is 5.82 Å². The van der Waals surface area contributed by atoms with Crippen LogP contribution in [0.5, 0.6) is 0 Å². The molecule has 1 amide bonds. The molecule has 7 heteroatoms. The van der Waals surface area contributed by atoms with Crippen LogP contribution in [0.1, 0.15) is 44.5 Å². The minimum atomic E-state index is -2.66. The Hall–Kier alpha value is -1.50. The molecule has 1 saturated carbocycles. The molecule has 5 nitrogen and oxygen atoms in total. The third-order valence-electron chi connectivity index (χ3n) is 3.86. The van der Waals surface area contributed by atoms with Crippen LogP contribution in [-0.2, 0) is 11.3 Å². The van der Waals surface area contributed by atoms with E-state index in [1.807, 2.05) is 0 Å². The van der Waals surface area contributed by atoms with Crippen molar-refractivity contribution < 1.29 is 13.6 Å². The Morgan fingerprint density at radius 3 is 2.75 bits per heavy atom. The van der Waals surface area contributed by atoms with Crippen LogP contribution < -0.4 is 5.73 Å². The molecule has 0 saturated heterocycles. The molecule has 0 spiro atoms. The van der Waals surface area contributed by atoms with Gasteiger partial charge in [-0.1, -0.05) is 19.3 Å². The number of carbonyl (C=O) groups is 1. The topological polar surface area (TPSA) is 64.2 Å². The molecule has 1 aromatic heterocycles. The summed E-state index contributed by atoms with van der Waals surface area (Å²) in [4.78, 5) is 17.7. The van der Waals surface area contributed by atoms with E-state index in [9.17, 15) is 13.6 Å². The molecule has 1 aliphatic carbocycles. The summed E-state index contributed by atoms with van der Waals surface area (Å²) >= 11 is 0. The van der Waals surface area contributed by atoms with Gasteiger partial charge in [-0.2, -0.15) is 8.78 Å². The molecule has 0 unspecified atom stereocenters. The first kappa shape index (κ1) is 14.9. The van der Waals surface area contributed by atoms with E-state index in [2.05, 4.69) is 4.98 Å². The highest BCUT2D eigenvalue weighted by Crippen LogP contribution is 2.28. The van der Waals surface area contributed by atoms with Gasteiger partial charge in [-0.15, -0.1) is 0 Å². The number of halogens is 2. The number of alkyl halides is 2. The first-order valence-electron chi connectivity index (χ1n) is 6.78. The van der Waals surface area contributed by atoms with Crippen LogP contribution in [-0.4, -0.2) is 32.9 Å². The van der Waals surface area contributed by atoms with E-state index in [4.69, 9.17) is 5.73 Å². The van der Waals surface area contributed by atoms with Gasteiger partial charge < -0.3 is 10.6 Å². The van der Waals surface area contributed by atoms with E-state index in [0.717, 1.165) is 23.8 Å². The standard InChI is InChI=1S/C13H20F2N4O/c1-18(9-10-17-7-8-19(10)12(14)15)11(20)13(16)5-3-2-4-6-13/h7-8,12H,2-6,9,16H2,1H3. The molecule has 0 atom stereocenters. The van der Waals surface area contributed by atoms with Crippen LogP contribution >= 0.6 is 0 Å². The van der Waals surface area contributed by atoms with Crippen LogP contribution in [0.15, 0.2) is 12.4 Å². The predicted octanol–water partition coefficient (Wildman–Crippen LogP) is 1.90.